The predicted octanol–water partition coefficient (Wildman–Crippen LogP) is 4.86. The van der Waals surface area contributed by atoms with Crippen LogP contribution in [0.2, 0.25) is 0 Å². The third-order valence-corrected chi connectivity index (χ3v) is 8.31. The standard InChI is InChI=1S/C19H26N2S2/c1-14-7-16(3)18(17(4)8-14)9-19(12-21-6-5-20-13-21)22-10-15(2)11-23-19/h5-8,13,15H,9-12H2,1-4H3. The topological polar surface area (TPSA) is 17.8 Å². The Balaban J connectivity index is 1.90. The summed E-state index contributed by atoms with van der Waals surface area (Å²) in [4.78, 5) is 4.23. The molecule has 1 aliphatic heterocycles. The van der Waals surface area contributed by atoms with Crippen LogP contribution in [0.3, 0.4) is 0 Å². The van der Waals surface area contributed by atoms with Crippen molar-refractivity contribution < 1.29 is 0 Å². The van der Waals surface area contributed by atoms with Crippen molar-refractivity contribution in [2.45, 2.75) is 44.7 Å². The summed E-state index contributed by atoms with van der Waals surface area (Å²) in [7, 11) is 0. The summed E-state index contributed by atoms with van der Waals surface area (Å²) in [6, 6.07) is 4.65. The molecule has 0 aliphatic carbocycles. The van der Waals surface area contributed by atoms with Gasteiger partial charge in [0, 0.05) is 18.9 Å². The molecule has 4 heteroatoms. The first-order valence-electron chi connectivity index (χ1n) is 8.28. The highest BCUT2D eigenvalue weighted by atomic mass is 32.2. The number of nitrogens with zero attached hydrogens (tertiary/aromatic N) is 2. The van der Waals surface area contributed by atoms with E-state index in [1.54, 1.807) is 0 Å². The molecule has 1 aromatic heterocycles. The van der Waals surface area contributed by atoms with Crippen LogP contribution in [0.4, 0.5) is 0 Å². The molecule has 1 saturated heterocycles. The lowest BCUT2D eigenvalue weighted by atomic mass is 9.96. The van der Waals surface area contributed by atoms with E-state index in [1.807, 2.05) is 12.5 Å². The van der Waals surface area contributed by atoms with E-state index >= 15 is 0 Å². The predicted molar refractivity (Wildman–Crippen MR) is 103 cm³/mol. The Hall–Kier alpha value is -0.870. The van der Waals surface area contributed by atoms with Gasteiger partial charge in [-0.1, -0.05) is 24.6 Å². The van der Waals surface area contributed by atoms with E-state index in [0.29, 0.717) is 0 Å². The van der Waals surface area contributed by atoms with Crippen LogP contribution in [0, 0.1) is 26.7 Å². The molecule has 0 radical (unpaired) electrons. The summed E-state index contributed by atoms with van der Waals surface area (Å²) >= 11 is 4.30. The van der Waals surface area contributed by atoms with Crippen LogP contribution < -0.4 is 0 Å². The van der Waals surface area contributed by atoms with Gasteiger partial charge in [0.15, 0.2) is 0 Å². The van der Waals surface area contributed by atoms with Gasteiger partial charge in [-0.25, -0.2) is 4.98 Å². The molecule has 0 spiro atoms. The van der Waals surface area contributed by atoms with Gasteiger partial charge in [0.25, 0.3) is 0 Å². The third-order valence-electron chi connectivity index (χ3n) is 4.53. The van der Waals surface area contributed by atoms with Gasteiger partial charge in [0.2, 0.25) is 0 Å². The quantitative estimate of drug-likeness (QED) is 0.787. The fraction of sp³-hybridized carbons (Fsp3) is 0.526. The molecule has 2 nitrogen and oxygen atoms in total. The molecule has 0 bridgehead atoms. The van der Waals surface area contributed by atoms with Gasteiger partial charge in [0.1, 0.15) is 0 Å². The lowest BCUT2D eigenvalue weighted by molar-refractivity contribution is 0.605. The first kappa shape index (κ1) is 17.0. The number of imidazole rings is 1. The molecule has 23 heavy (non-hydrogen) atoms. The van der Waals surface area contributed by atoms with Crippen molar-refractivity contribution in [3.63, 3.8) is 0 Å². The second kappa shape index (κ2) is 6.94. The summed E-state index contributed by atoms with van der Waals surface area (Å²) in [5, 5.41) is 0. The zero-order chi connectivity index (χ0) is 16.4. The Bertz CT molecular complexity index is 633. The Morgan fingerprint density at radius 2 is 1.83 bits per heavy atom. The van der Waals surface area contributed by atoms with E-state index in [2.05, 4.69) is 79.1 Å². The highest BCUT2D eigenvalue weighted by Gasteiger charge is 2.37. The van der Waals surface area contributed by atoms with Crippen molar-refractivity contribution in [1.29, 1.82) is 0 Å². The van der Waals surface area contributed by atoms with Crippen molar-refractivity contribution in [3.8, 4) is 0 Å². The lowest BCUT2D eigenvalue weighted by Gasteiger charge is -2.39. The molecule has 124 valence electrons. The second-order valence-corrected chi connectivity index (χ2v) is 9.99. The maximum atomic E-state index is 4.23. The van der Waals surface area contributed by atoms with Gasteiger partial charge in [-0.15, -0.1) is 23.5 Å². The third kappa shape index (κ3) is 3.97. The van der Waals surface area contributed by atoms with Crippen LogP contribution in [0.15, 0.2) is 30.9 Å². The summed E-state index contributed by atoms with van der Waals surface area (Å²) in [6.07, 6.45) is 7.06. The molecular weight excluding hydrogens is 320 g/mol. The average Bonchev–Trinajstić information content (AvgIpc) is 2.99. The van der Waals surface area contributed by atoms with E-state index in [-0.39, 0.29) is 4.08 Å². The fourth-order valence-electron chi connectivity index (χ4n) is 3.34. The largest absolute Gasteiger partial charge is 0.335 e. The molecular formula is C19H26N2S2. The summed E-state index contributed by atoms with van der Waals surface area (Å²) in [5.41, 5.74) is 5.77. The summed E-state index contributed by atoms with van der Waals surface area (Å²) in [6.45, 7) is 10.1. The van der Waals surface area contributed by atoms with Gasteiger partial charge >= 0.3 is 0 Å². The van der Waals surface area contributed by atoms with Crippen molar-refractivity contribution >= 4 is 23.5 Å². The van der Waals surface area contributed by atoms with Crippen molar-refractivity contribution in [2.24, 2.45) is 5.92 Å². The Morgan fingerprint density at radius 1 is 1.17 bits per heavy atom. The van der Waals surface area contributed by atoms with Gasteiger partial charge in [0.05, 0.1) is 10.4 Å². The molecule has 1 fully saturated rings. The van der Waals surface area contributed by atoms with Gasteiger partial charge < -0.3 is 4.57 Å². The molecule has 0 N–H and O–H groups in total. The molecule has 3 rings (SSSR count). The monoisotopic (exact) mass is 346 g/mol. The van der Waals surface area contributed by atoms with E-state index in [0.717, 1.165) is 18.9 Å². The number of aryl methyl sites for hydroxylation is 3. The SMILES string of the molecule is Cc1cc(C)c(CC2(Cn3ccnc3)SCC(C)CS2)c(C)c1. The zero-order valence-corrected chi connectivity index (χ0v) is 16.1. The summed E-state index contributed by atoms with van der Waals surface area (Å²) < 4.78 is 2.47. The molecule has 1 aliphatic rings. The van der Waals surface area contributed by atoms with Gasteiger partial charge in [-0.2, -0.15) is 0 Å². The molecule has 0 saturated carbocycles. The minimum atomic E-state index is 0.220. The van der Waals surface area contributed by atoms with Crippen LogP contribution in [-0.2, 0) is 13.0 Å². The number of hydrogen-bond acceptors (Lipinski definition) is 3. The first-order valence-corrected chi connectivity index (χ1v) is 10.2. The Labute approximate surface area is 148 Å². The average molecular weight is 347 g/mol. The van der Waals surface area contributed by atoms with Crippen molar-refractivity contribution in [3.05, 3.63) is 53.1 Å². The zero-order valence-electron chi connectivity index (χ0n) is 14.5. The maximum Gasteiger partial charge on any atom is 0.0946 e. The smallest absolute Gasteiger partial charge is 0.0946 e. The van der Waals surface area contributed by atoms with Crippen molar-refractivity contribution in [2.75, 3.05) is 11.5 Å². The molecule has 2 heterocycles. The van der Waals surface area contributed by atoms with E-state index in [4.69, 9.17) is 0 Å². The fourth-order valence-corrected chi connectivity index (χ4v) is 6.62. The highest BCUT2D eigenvalue weighted by Crippen LogP contribution is 2.48. The van der Waals surface area contributed by atoms with Gasteiger partial charge in [-0.05, 0) is 61.3 Å². The second-order valence-electron chi connectivity index (χ2n) is 6.93. The van der Waals surface area contributed by atoms with Crippen LogP contribution >= 0.6 is 23.5 Å². The molecule has 0 amide bonds. The van der Waals surface area contributed by atoms with Crippen LogP contribution in [0.1, 0.15) is 29.2 Å². The Morgan fingerprint density at radius 3 is 2.39 bits per heavy atom. The number of hydrogen-bond donors (Lipinski definition) is 0. The van der Waals surface area contributed by atoms with E-state index in [1.165, 1.54) is 33.8 Å². The van der Waals surface area contributed by atoms with E-state index < -0.39 is 0 Å². The molecule has 0 atom stereocenters. The first-order chi connectivity index (χ1) is 11.0. The molecule has 2 aromatic rings. The highest BCUT2D eigenvalue weighted by molar-refractivity contribution is 8.18. The number of thioether (sulfide) groups is 2. The van der Waals surface area contributed by atoms with Crippen LogP contribution in [0.25, 0.3) is 0 Å². The maximum absolute atomic E-state index is 4.23. The number of rotatable bonds is 4. The number of benzene rings is 1. The molecule has 0 unspecified atom stereocenters. The molecule has 1 aromatic carbocycles. The number of aromatic nitrogens is 2. The van der Waals surface area contributed by atoms with Crippen LogP contribution in [0.5, 0.6) is 0 Å². The van der Waals surface area contributed by atoms with Crippen molar-refractivity contribution in [1.82, 2.24) is 9.55 Å². The van der Waals surface area contributed by atoms with Crippen LogP contribution in [-0.4, -0.2) is 25.1 Å². The normalized spacial score (nSPS) is 24.8. The summed E-state index contributed by atoms with van der Waals surface area (Å²) in [5.74, 6) is 3.32. The minimum absolute atomic E-state index is 0.220. The lowest BCUT2D eigenvalue weighted by Crippen LogP contribution is -2.35. The Kier molecular flexibility index (Phi) is 5.12. The van der Waals surface area contributed by atoms with Gasteiger partial charge in [-0.3, -0.25) is 0 Å². The minimum Gasteiger partial charge on any atom is -0.335 e. The van der Waals surface area contributed by atoms with E-state index in [9.17, 15) is 0 Å².